The molecule has 14 nitrogen and oxygen atoms in total. The van der Waals surface area contributed by atoms with E-state index < -0.39 is 11.9 Å². The highest BCUT2D eigenvalue weighted by Gasteiger charge is 2.16. The molecule has 0 unspecified atom stereocenters. The average Bonchev–Trinajstić information content (AvgIpc) is 3.08. The van der Waals surface area contributed by atoms with E-state index in [-0.39, 0.29) is 37.6 Å². The van der Waals surface area contributed by atoms with Crippen molar-refractivity contribution < 1.29 is 66.4 Å². The molecule has 0 fully saturated rings. The van der Waals surface area contributed by atoms with Gasteiger partial charge in [0.2, 0.25) is 0 Å². The quantitative estimate of drug-likeness (QED) is 0.438. The predicted molar refractivity (Wildman–Crippen MR) is 162 cm³/mol. The lowest BCUT2D eigenvalue weighted by molar-refractivity contribution is 0.00424. The fraction of sp³-hybridized carbons (Fsp3) is 0.562. The van der Waals surface area contributed by atoms with Crippen molar-refractivity contribution in [3.8, 4) is 23.0 Å². The average molecular weight is 653 g/mol. The first kappa shape index (κ1) is 36.8. The number of rotatable bonds is 2. The maximum atomic E-state index is 12.2. The highest BCUT2D eigenvalue weighted by atomic mass is 16.6. The number of hydrogen-bond donors (Lipinski definition) is 0. The van der Waals surface area contributed by atoms with E-state index in [4.69, 9.17) is 56.8 Å². The molecule has 14 heteroatoms. The molecule has 2 aromatic carbocycles. The van der Waals surface area contributed by atoms with Crippen molar-refractivity contribution in [3.05, 3.63) is 47.5 Å². The molecule has 256 valence electrons. The fourth-order valence-electron chi connectivity index (χ4n) is 3.92. The summed E-state index contributed by atoms with van der Waals surface area (Å²) >= 11 is 0. The van der Waals surface area contributed by atoms with E-state index in [0.29, 0.717) is 102 Å². The van der Waals surface area contributed by atoms with E-state index in [0.717, 1.165) is 0 Å². The van der Waals surface area contributed by atoms with Crippen molar-refractivity contribution in [2.75, 3.05) is 120 Å². The monoisotopic (exact) mass is 652 g/mol. The van der Waals surface area contributed by atoms with Crippen molar-refractivity contribution >= 4 is 11.9 Å². The number of hydrogen-bond acceptors (Lipinski definition) is 14. The number of esters is 2. The topological polar surface area (TPSA) is 145 Å². The molecular weight excluding hydrogens is 608 g/mol. The minimum atomic E-state index is -0.518. The molecule has 1 heterocycles. The lowest BCUT2D eigenvalue weighted by atomic mass is 10.2. The Kier molecular flexibility index (Phi) is 18.2. The molecular formula is C32H44O14. The normalized spacial score (nSPS) is 17.6. The molecule has 0 radical (unpaired) electrons. The molecule has 0 N–H and O–H groups in total. The van der Waals surface area contributed by atoms with Crippen LogP contribution in [0.5, 0.6) is 23.0 Å². The third-order valence-electron chi connectivity index (χ3n) is 6.17. The summed E-state index contributed by atoms with van der Waals surface area (Å²) in [5, 5.41) is 0. The second-order valence-electron chi connectivity index (χ2n) is 9.37. The van der Waals surface area contributed by atoms with Gasteiger partial charge in [-0.25, -0.2) is 9.59 Å². The Balaban J connectivity index is 1.48. The van der Waals surface area contributed by atoms with E-state index in [1.807, 2.05) is 0 Å². The fourth-order valence-corrected chi connectivity index (χ4v) is 3.92. The van der Waals surface area contributed by atoms with Crippen molar-refractivity contribution in [2.45, 2.75) is 0 Å². The minimum Gasteiger partial charge on any atom is -0.491 e. The molecule has 2 aromatic rings. The molecule has 4 bridgehead atoms. The number of methoxy groups -OCH3 is 2. The number of benzene rings is 2. The SMILES string of the molecule is COC(=O)c1ccc2cc1OCCOCCOCCOCCOc1cc(ccc1C(=O)OC)OCCOCCOCCOCCO2. The van der Waals surface area contributed by atoms with Gasteiger partial charge in [0, 0.05) is 12.1 Å². The Morgan fingerprint density at radius 3 is 1.02 bits per heavy atom. The van der Waals surface area contributed by atoms with Crippen LogP contribution in [0.2, 0.25) is 0 Å². The Hall–Kier alpha value is -3.66. The summed E-state index contributed by atoms with van der Waals surface area (Å²) in [6.07, 6.45) is 0. The van der Waals surface area contributed by atoms with Crippen LogP contribution in [0.3, 0.4) is 0 Å². The summed E-state index contributed by atoms with van der Waals surface area (Å²) in [6, 6.07) is 9.78. The van der Waals surface area contributed by atoms with E-state index >= 15 is 0 Å². The zero-order valence-corrected chi connectivity index (χ0v) is 26.5. The summed E-state index contributed by atoms with van der Waals surface area (Å²) in [4.78, 5) is 24.3. The van der Waals surface area contributed by atoms with Crippen LogP contribution >= 0.6 is 0 Å². The molecule has 46 heavy (non-hydrogen) atoms. The molecule has 0 spiro atoms. The van der Waals surface area contributed by atoms with Crippen LogP contribution in [0, 0.1) is 0 Å². The van der Waals surface area contributed by atoms with Crippen LogP contribution in [0.25, 0.3) is 0 Å². The Labute approximate surface area is 268 Å². The lowest BCUT2D eigenvalue weighted by Gasteiger charge is -2.14. The van der Waals surface area contributed by atoms with Gasteiger partial charge in [0.25, 0.3) is 0 Å². The van der Waals surface area contributed by atoms with E-state index in [1.54, 1.807) is 36.4 Å². The third-order valence-corrected chi connectivity index (χ3v) is 6.17. The molecule has 3 rings (SSSR count). The van der Waals surface area contributed by atoms with Crippen LogP contribution in [-0.2, 0) is 37.9 Å². The van der Waals surface area contributed by atoms with Gasteiger partial charge in [-0.3, -0.25) is 0 Å². The lowest BCUT2D eigenvalue weighted by Crippen LogP contribution is -2.16. The molecule has 0 saturated carbocycles. The molecule has 0 aliphatic carbocycles. The molecule has 1 aliphatic heterocycles. The van der Waals surface area contributed by atoms with Gasteiger partial charge in [-0.15, -0.1) is 0 Å². The number of fused-ring (bicyclic) bond motifs is 4. The molecule has 0 atom stereocenters. The Morgan fingerprint density at radius 2 is 0.717 bits per heavy atom. The smallest absolute Gasteiger partial charge is 0.341 e. The van der Waals surface area contributed by atoms with Gasteiger partial charge in [0.05, 0.1) is 93.5 Å². The number of carbonyl (C=O) groups is 2. The standard InChI is InChI=1S/C32H44O14/c1-35-31(33)27-5-3-25-23-29(27)45-21-17-41-13-9-38-10-14-42-18-22-46-30-24-26(4-6-28(30)32(34)36-2)44-20-16-40-12-8-37-7-11-39-15-19-43-25/h3-6,23-24H,7-22H2,1-2H3. The van der Waals surface area contributed by atoms with Gasteiger partial charge in [-0.05, 0) is 24.3 Å². The maximum absolute atomic E-state index is 12.2. The minimum absolute atomic E-state index is 0.206. The van der Waals surface area contributed by atoms with E-state index in [2.05, 4.69) is 0 Å². The predicted octanol–water partition coefficient (Wildman–Crippen LogP) is 2.59. The summed E-state index contributed by atoms with van der Waals surface area (Å²) < 4.78 is 66.1. The van der Waals surface area contributed by atoms with Crippen molar-refractivity contribution in [1.82, 2.24) is 0 Å². The van der Waals surface area contributed by atoms with Crippen LogP contribution in [0.4, 0.5) is 0 Å². The van der Waals surface area contributed by atoms with Gasteiger partial charge >= 0.3 is 11.9 Å². The highest BCUT2D eigenvalue weighted by Crippen LogP contribution is 2.27. The van der Waals surface area contributed by atoms with E-state index in [1.165, 1.54) is 14.2 Å². The number of carbonyl (C=O) groups excluding carboxylic acids is 2. The Bertz CT molecular complexity index is 1070. The zero-order valence-electron chi connectivity index (χ0n) is 26.5. The van der Waals surface area contributed by atoms with Crippen molar-refractivity contribution in [2.24, 2.45) is 0 Å². The Morgan fingerprint density at radius 1 is 0.435 bits per heavy atom. The van der Waals surface area contributed by atoms with Crippen LogP contribution < -0.4 is 18.9 Å². The van der Waals surface area contributed by atoms with Crippen molar-refractivity contribution in [1.29, 1.82) is 0 Å². The van der Waals surface area contributed by atoms with Crippen LogP contribution in [-0.4, -0.2) is 132 Å². The van der Waals surface area contributed by atoms with Gasteiger partial charge in [0.1, 0.15) is 60.6 Å². The largest absolute Gasteiger partial charge is 0.491 e. The first-order chi connectivity index (χ1) is 22.6. The molecule has 0 amide bonds. The summed E-state index contributed by atoms with van der Waals surface area (Å²) in [6.45, 7) is 5.30. The summed E-state index contributed by atoms with van der Waals surface area (Å²) in [5.41, 5.74) is 0.561. The molecule has 0 aromatic heterocycles. The van der Waals surface area contributed by atoms with Gasteiger partial charge < -0.3 is 56.8 Å². The van der Waals surface area contributed by atoms with Crippen LogP contribution in [0.15, 0.2) is 36.4 Å². The first-order valence-corrected chi connectivity index (χ1v) is 15.0. The third kappa shape index (κ3) is 14.2. The van der Waals surface area contributed by atoms with E-state index in [9.17, 15) is 9.59 Å². The van der Waals surface area contributed by atoms with Gasteiger partial charge in [-0.1, -0.05) is 0 Å². The first-order valence-electron chi connectivity index (χ1n) is 15.0. The second-order valence-corrected chi connectivity index (χ2v) is 9.37. The van der Waals surface area contributed by atoms with Gasteiger partial charge in [0.15, 0.2) is 0 Å². The second kappa shape index (κ2) is 22.8. The summed E-state index contributed by atoms with van der Waals surface area (Å²) in [7, 11) is 2.61. The number of ether oxygens (including phenoxy) is 12. The summed E-state index contributed by atoms with van der Waals surface area (Å²) in [5.74, 6) is 0.667. The zero-order chi connectivity index (χ0) is 32.7. The van der Waals surface area contributed by atoms with Gasteiger partial charge in [-0.2, -0.15) is 0 Å². The maximum Gasteiger partial charge on any atom is 0.341 e. The molecule has 1 aliphatic rings. The molecule has 0 saturated heterocycles. The van der Waals surface area contributed by atoms with Crippen LogP contribution in [0.1, 0.15) is 20.7 Å². The van der Waals surface area contributed by atoms with Crippen molar-refractivity contribution in [3.63, 3.8) is 0 Å². The highest BCUT2D eigenvalue weighted by molar-refractivity contribution is 5.93.